The highest BCUT2D eigenvalue weighted by molar-refractivity contribution is 5.99. The number of benzene rings is 1. The molecule has 3 aliphatic rings. The van der Waals surface area contributed by atoms with Crippen LogP contribution < -0.4 is 9.80 Å². The normalized spacial score (nSPS) is 28.1. The summed E-state index contributed by atoms with van der Waals surface area (Å²) in [6.07, 6.45) is -8.63. The van der Waals surface area contributed by atoms with Crippen LogP contribution in [0.1, 0.15) is 29.7 Å². The third kappa shape index (κ3) is 3.63. The van der Waals surface area contributed by atoms with Crippen molar-refractivity contribution in [3.05, 3.63) is 53.2 Å². The maximum Gasteiger partial charge on any atom is 0.433 e. The molecule has 176 valence electrons. The molecule has 1 aromatic heterocycles. The lowest BCUT2D eigenvalue weighted by atomic mass is 9.95. The number of piperidine rings is 1. The van der Waals surface area contributed by atoms with E-state index < -0.39 is 35.5 Å². The Labute approximate surface area is 186 Å². The van der Waals surface area contributed by atoms with Gasteiger partial charge in [-0.2, -0.15) is 26.3 Å². The van der Waals surface area contributed by atoms with Crippen molar-refractivity contribution >= 4 is 17.4 Å². The first kappa shape index (κ1) is 22.0. The molecule has 0 N–H and O–H groups in total. The van der Waals surface area contributed by atoms with Gasteiger partial charge in [0.05, 0.1) is 5.56 Å². The molecule has 33 heavy (non-hydrogen) atoms. The number of rotatable bonds is 3. The number of amides is 1. The fraction of sp³-hybridized carbons (Fsp3) is 0.478. The number of fused-ring (bicyclic) bond motifs is 5. The Hall–Kier alpha value is -2.78. The van der Waals surface area contributed by atoms with Crippen LogP contribution in [0.25, 0.3) is 0 Å². The molecule has 0 spiro atoms. The zero-order valence-corrected chi connectivity index (χ0v) is 17.8. The summed E-state index contributed by atoms with van der Waals surface area (Å²) in [7, 11) is 1.58. The average Bonchev–Trinajstić information content (AvgIpc) is 3.35. The molecule has 2 aliphatic carbocycles. The molecule has 5 rings (SSSR count). The van der Waals surface area contributed by atoms with Crippen LogP contribution >= 0.6 is 0 Å². The summed E-state index contributed by atoms with van der Waals surface area (Å²) in [4.78, 5) is 20.0. The minimum atomic E-state index is -5.05. The topological polar surface area (TPSA) is 36.4 Å². The Morgan fingerprint density at radius 3 is 2.36 bits per heavy atom. The standard InChI is InChI=1S/C23H21F6N3O/c1-11-4-3-5-13(6-11)31(2)21(33)20-16-10-17(15-9-14(15)16)32(20)19-8-12(22(24,25)26)7-18(30-19)23(27,28)29/h3-8,14-17,20H,9-10H2,1-2H3/t14?,15?,16-,17+,20+/m1/s1. The second-order valence-corrected chi connectivity index (χ2v) is 9.21. The lowest BCUT2D eigenvalue weighted by Gasteiger charge is -2.37. The molecule has 2 saturated carbocycles. The number of anilines is 2. The zero-order valence-electron chi connectivity index (χ0n) is 17.8. The van der Waals surface area contributed by atoms with Crippen LogP contribution in [-0.2, 0) is 17.1 Å². The van der Waals surface area contributed by atoms with Crippen molar-refractivity contribution in [1.82, 2.24) is 4.98 Å². The third-order valence-corrected chi connectivity index (χ3v) is 7.18. The van der Waals surface area contributed by atoms with Crippen LogP contribution in [0.15, 0.2) is 36.4 Å². The lowest BCUT2D eigenvalue weighted by molar-refractivity contribution is -0.145. The van der Waals surface area contributed by atoms with E-state index in [-0.39, 0.29) is 35.8 Å². The molecule has 0 radical (unpaired) electrons. The maximum atomic E-state index is 13.6. The predicted octanol–water partition coefficient (Wildman–Crippen LogP) is 5.30. The summed E-state index contributed by atoms with van der Waals surface area (Å²) in [5.41, 5.74) is -1.49. The number of aromatic nitrogens is 1. The van der Waals surface area contributed by atoms with E-state index in [1.807, 2.05) is 13.0 Å². The Morgan fingerprint density at radius 2 is 1.73 bits per heavy atom. The fourth-order valence-corrected chi connectivity index (χ4v) is 5.63. The van der Waals surface area contributed by atoms with Gasteiger partial charge in [-0.15, -0.1) is 0 Å². The van der Waals surface area contributed by atoms with Crippen LogP contribution in [0.2, 0.25) is 0 Å². The number of alkyl halides is 6. The van der Waals surface area contributed by atoms with Crippen molar-refractivity contribution in [2.75, 3.05) is 16.8 Å². The highest BCUT2D eigenvalue weighted by Gasteiger charge is 2.67. The van der Waals surface area contributed by atoms with Crippen LogP contribution in [-0.4, -0.2) is 30.0 Å². The van der Waals surface area contributed by atoms with Gasteiger partial charge >= 0.3 is 12.4 Å². The van der Waals surface area contributed by atoms with E-state index in [4.69, 9.17) is 0 Å². The first-order valence-electron chi connectivity index (χ1n) is 10.7. The Bertz CT molecular complexity index is 1080. The van der Waals surface area contributed by atoms with Gasteiger partial charge in [0.25, 0.3) is 0 Å². The smallest absolute Gasteiger partial charge is 0.341 e. The van der Waals surface area contributed by atoms with Gasteiger partial charge in [0.1, 0.15) is 17.6 Å². The van der Waals surface area contributed by atoms with E-state index in [2.05, 4.69) is 4.98 Å². The van der Waals surface area contributed by atoms with Crippen molar-refractivity contribution < 1.29 is 31.1 Å². The molecule has 2 heterocycles. The van der Waals surface area contributed by atoms with Crippen LogP contribution in [0.5, 0.6) is 0 Å². The van der Waals surface area contributed by atoms with Crippen molar-refractivity contribution in [1.29, 1.82) is 0 Å². The molecule has 4 nitrogen and oxygen atoms in total. The minimum Gasteiger partial charge on any atom is -0.341 e. The van der Waals surface area contributed by atoms with Crippen LogP contribution in [0.4, 0.5) is 37.8 Å². The molecule has 10 heteroatoms. The minimum absolute atomic E-state index is 0.0213. The quantitative estimate of drug-likeness (QED) is 0.573. The highest BCUT2D eigenvalue weighted by atomic mass is 19.4. The van der Waals surface area contributed by atoms with Crippen molar-refractivity contribution in [2.45, 2.75) is 44.2 Å². The first-order valence-corrected chi connectivity index (χ1v) is 10.7. The van der Waals surface area contributed by atoms with Gasteiger partial charge in [0.15, 0.2) is 0 Å². The monoisotopic (exact) mass is 469 g/mol. The lowest BCUT2D eigenvalue weighted by Crippen LogP contribution is -2.52. The number of hydrogen-bond acceptors (Lipinski definition) is 3. The molecule has 2 bridgehead atoms. The molecule has 5 atom stereocenters. The van der Waals surface area contributed by atoms with E-state index >= 15 is 0 Å². The second-order valence-electron chi connectivity index (χ2n) is 9.21. The summed E-state index contributed by atoms with van der Waals surface area (Å²) in [5, 5.41) is 0. The van der Waals surface area contributed by atoms with E-state index in [0.29, 0.717) is 18.2 Å². The number of likely N-dealkylation sites (N-methyl/N-ethyl adjacent to an activating group) is 1. The first-order chi connectivity index (χ1) is 15.4. The molecule has 1 amide bonds. The number of nitrogens with zero attached hydrogens (tertiary/aromatic N) is 3. The predicted molar refractivity (Wildman–Crippen MR) is 109 cm³/mol. The third-order valence-electron chi connectivity index (χ3n) is 7.18. The Kier molecular flexibility index (Phi) is 4.75. The van der Waals surface area contributed by atoms with Crippen LogP contribution in [0.3, 0.4) is 0 Å². The number of aryl methyl sites for hydroxylation is 1. The largest absolute Gasteiger partial charge is 0.433 e. The number of hydrogen-bond donors (Lipinski definition) is 0. The molecular formula is C23H21F6N3O. The van der Waals surface area contributed by atoms with E-state index in [9.17, 15) is 31.1 Å². The number of pyridine rings is 1. The summed E-state index contributed by atoms with van der Waals surface area (Å²) in [6, 6.07) is 6.71. The van der Waals surface area contributed by atoms with Crippen molar-refractivity contribution in [3.63, 3.8) is 0 Å². The SMILES string of the molecule is Cc1cccc(N(C)C(=O)[C@@H]2[C@@H]3C[C@@H](C4CC43)N2c2cc(C(F)(F)F)cc(C(F)(F)F)n2)c1. The molecule has 1 aliphatic heterocycles. The number of carbonyl (C=O) groups excluding carboxylic acids is 1. The van der Waals surface area contributed by atoms with Gasteiger partial charge in [0, 0.05) is 18.8 Å². The van der Waals surface area contributed by atoms with Crippen molar-refractivity contribution in [3.8, 4) is 0 Å². The Morgan fingerprint density at radius 1 is 1.00 bits per heavy atom. The molecule has 1 aromatic carbocycles. The maximum absolute atomic E-state index is 13.6. The van der Waals surface area contributed by atoms with Gasteiger partial charge in [-0.1, -0.05) is 12.1 Å². The van der Waals surface area contributed by atoms with Gasteiger partial charge in [-0.25, -0.2) is 4.98 Å². The highest BCUT2D eigenvalue weighted by Crippen LogP contribution is 2.64. The number of carbonyl (C=O) groups is 1. The average molecular weight is 469 g/mol. The van der Waals surface area contributed by atoms with Gasteiger partial charge < -0.3 is 9.80 Å². The Balaban J connectivity index is 1.57. The summed E-state index contributed by atoms with van der Waals surface area (Å²) < 4.78 is 80.6. The summed E-state index contributed by atoms with van der Waals surface area (Å²) in [5.74, 6) is -0.462. The molecule has 1 saturated heterocycles. The molecule has 2 aromatic rings. The van der Waals surface area contributed by atoms with Crippen molar-refractivity contribution in [2.24, 2.45) is 17.8 Å². The van der Waals surface area contributed by atoms with E-state index in [0.717, 1.165) is 12.0 Å². The second kappa shape index (κ2) is 7.11. The fourth-order valence-electron chi connectivity index (χ4n) is 5.63. The van der Waals surface area contributed by atoms with Crippen LogP contribution in [0, 0.1) is 24.7 Å². The van der Waals surface area contributed by atoms with Gasteiger partial charge in [-0.3, -0.25) is 4.79 Å². The van der Waals surface area contributed by atoms with E-state index in [1.165, 1.54) is 9.80 Å². The summed E-state index contributed by atoms with van der Waals surface area (Å²) >= 11 is 0. The number of halogens is 6. The van der Waals surface area contributed by atoms with Gasteiger partial charge in [0.2, 0.25) is 5.91 Å². The zero-order chi connectivity index (χ0) is 23.9. The van der Waals surface area contributed by atoms with E-state index in [1.54, 1.807) is 25.2 Å². The molecular weight excluding hydrogens is 448 g/mol. The summed E-state index contributed by atoms with van der Waals surface area (Å²) in [6.45, 7) is 1.87. The molecule has 3 fully saturated rings. The molecule has 2 unspecified atom stereocenters. The van der Waals surface area contributed by atoms with Gasteiger partial charge in [-0.05, 0) is 67.3 Å².